The number of carbonyl (C=O) groups is 2. The second-order valence-corrected chi connectivity index (χ2v) is 6.75. The summed E-state index contributed by atoms with van der Waals surface area (Å²) in [6.45, 7) is 4.17. The molecule has 3 rings (SSSR count). The predicted octanol–water partition coefficient (Wildman–Crippen LogP) is 2.44. The number of methoxy groups -OCH3 is 2. The Morgan fingerprint density at radius 2 is 1.84 bits per heavy atom. The molecule has 1 aliphatic heterocycles. The van der Waals surface area contributed by atoms with E-state index in [2.05, 4.69) is 20.2 Å². The Labute approximate surface area is 180 Å². The lowest BCUT2D eigenvalue weighted by atomic mass is 10.1. The highest BCUT2D eigenvalue weighted by molar-refractivity contribution is 5.95. The lowest BCUT2D eigenvalue weighted by molar-refractivity contribution is 0.0342. The van der Waals surface area contributed by atoms with Crippen molar-refractivity contribution in [1.82, 2.24) is 10.3 Å². The summed E-state index contributed by atoms with van der Waals surface area (Å²) in [4.78, 5) is 25.9. The fourth-order valence-electron chi connectivity index (χ4n) is 2.99. The van der Waals surface area contributed by atoms with Gasteiger partial charge >= 0.3 is 6.16 Å². The molecule has 0 aromatic heterocycles. The molecule has 1 aliphatic rings. The fourth-order valence-corrected chi connectivity index (χ4v) is 2.99. The number of hydrogen-bond donors (Lipinski definition) is 1. The first-order valence-electron chi connectivity index (χ1n) is 9.75. The lowest BCUT2D eigenvalue weighted by Crippen LogP contribution is -2.35. The van der Waals surface area contributed by atoms with E-state index in [4.69, 9.17) is 14.2 Å². The first-order chi connectivity index (χ1) is 15.1. The van der Waals surface area contributed by atoms with E-state index in [-0.39, 0.29) is 11.7 Å². The van der Waals surface area contributed by atoms with Crippen molar-refractivity contribution in [2.75, 3.05) is 40.5 Å². The van der Waals surface area contributed by atoms with Gasteiger partial charge in [-0.15, -0.1) is 0 Å². The average Bonchev–Trinajstić information content (AvgIpc) is 2.80. The molecular weight excluding hydrogens is 402 g/mol. The first kappa shape index (κ1) is 22.3. The summed E-state index contributed by atoms with van der Waals surface area (Å²) in [6.07, 6.45) is 0.623. The van der Waals surface area contributed by atoms with Gasteiger partial charge in [0.25, 0.3) is 5.91 Å². The molecule has 0 atom stereocenters. The Morgan fingerprint density at radius 3 is 2.52 bits per heavy atom. The second kappa shape index (κ2) is 11.1. The molecule has 2 aromatic rings. The Morgan fingerprint density at radius 1 is 1.10 bits per heavy atom. The molecular formula is C22H25N3O6. The van der Waals surface area contributed by atoms with Crippen molar-refractivity contribution < 1.29 is 28.5 Å². The number of rotatable bonds is 7. The molecule has 9 heteroatoms. The van der Waals surface area contributed by atoms with Crippen molar-refractivity contribution in [3.8, 4) is 11.5 Å². The summed E-state index contributed by atoms with van der Waals surface area (Å²) in [5, 5.41) is 3.98. The summed E-state index contributed by atoms with van der Waals surface area (Å²) in [5.74, 6) is 0.232. The normalized spacial score (nSPS) is 14.3. The van der Waals surface area contributed by atoms with Crippen LogP contribution < -0.4 is 14.9 Å². The van der Waals surface area contributed by atoms with Crippen LogP contribution in [0.25, 0.3) is 0 Å². The van der Waals surface area contributed by atoms with Crippen LogP contribution in [0.15, 0.2) is 47.6 Å². The van der Waals surface area contributed by atoms with Gasteiger partial charge in [0.2, 0.25) is 0 Å². The highest BCUT2D eigenvalue weighted by Gasteiger charge is 2.12. The van der Waals surface area contributed by atoms with Crippen LogP contribution in [0, 0.1) is 0 Å². The van der Waals surface area contributed by atoms with Crippen LogP contribution in [0.4, 0.5) is 4.79 Å². The molecule has 0 unspecified atom stereocenters. The third-order valence-corrected chi connectivity index (χ3v) is 4.65. The van der Waals surface area contributed by atoms with Crippen LogP contribution in [0.5, 0.6) is 11.5 Å². The smallest absolute Gasteiger partial charge is 0.493 e. The molecule has 1 amide bonds. The molecule has 164 valence electrons. The maximum absolute atomic E-state index is 12.3. The summed E-state index contributed by atoms with van der Waals surface area (Å²) in [6, 6.07) is 12.3. The highest BCUT2D eigenvalue weighted by Crippen LogP contribution is 2.27. The number of nitrogens with one attached hydrogen (secondary N) is 1. The van der Waals surface area contributed by atoms with E-state index in [1.165, 1.54) is 20.4 Å². The average molecular weight is 427 g/mol. The number of nitrogens with zero attached hydrogens (tertiary/aromatic N) is 2. The molecule has 9 nitrogen and oxygen atoms in total. The van der Waals surface area contributed by atoms with Crippen LogP contribution in [-0.2, 0) is 16.0 Å². The van der Waals surface area contributed by atoms with E-state index < -0.39 is 6.16 Å². The second-order valence-electron chi connectivity index (χ2n) is 6.75. The van der Waals surface area contributed by atoms with Gasteiger partial charge in [-0.2, -0.15) is 5.10 Å². The van der Waals surface area contributed by atoms with Gasteiger partial charge in [-0.05, 0) is 41.5 Å². The Bertz CT molecular complexity index is 923. The third kappa shape index (κ3) is 6.53. The Hall–Kier alpha value is -3.43. The summed E-state index contributed by atoms with van der Waals surface area (Å²) >= 11 is 0. The molecule has 1 heterocycles. The molecule has 31 heavy (non-hydrogen) atoms. The molecule has 0 aliphatic carbocycles. The minimum atomic E-state index is -0.844. The van der Waals surface area contributed by atoms with Crippen molar-refractivity contribution in [2.45, 2.75) is 6.54 Å². The molecule has 2 aromatic carbocycles. The SMILES string of the molecule is COC(=O)Oc1ccc(/C=N\NC(=O)c2ccc(CN3CCOCC3)cc2)cc1OC. The lowest BCUT2D eigenvalue weighted by Gasteiger charge is -2.26. The van der Waals surface area contributed by atoms with E-state index in [9.17, 15) is 9.59 Å². The number of morpholine rings is 1. The first-order valence-corrected chi connectivity index (χ1v) is 9.75. The fraction of sp³-hybridized carbons (Fsp3) is 0.318. The predicted molar refractivity (Wildman–Crippen MR) is 114 cm³/mol. The number of hydrogen-bond acceptors (Lipinski definition) is 8. The van der Waals surface area contributed by atoms with Gasteiger partial charge in [-0.3, -0.25) is 9.69 Å². The van der Waals surface area contributed by atoms with Gasteiger partial charge in [-0.1, -0.05) is 12.1 Å². The Balaban J connectivity index is 1.55. The van der Waals surface area contributed by atoms with Crippen molar-refractivity contribution in [1.29, 1.82) is 0 Å². The van der Waals surface area contributed by atoms with Crippen molar-refractivity contribution >= 4 is 18.3 Å². The molecule has 0 saturated carbocycles. The number of amides is 1. The zero-order chi connectivity index (χ0) is 22.1. The summed E-state index contributed by atoms with van der Waals surface area (Å²) in [7, 11) is 2.67. The monoisotopic (exact) mass is 427 g/mol. The van der Waals surface area contributed by atoms with Crippen LogP contribution in [-0.4, -0.2) is 63.7 Å². The van der Waals surface area contributed by atoms with Crippen LogP contribution >= 0.6 is 0 Å². The van der Waals surface area contributed by atoms with E-state index >= 15 is 0 Å². The zero-order valence-electron chi connectivity index (χ0n) is 17.5. The number of carbonyl (C=O) groups excluding carboxylic acids is 2. The molecule has 0 spiro atoms. The molecule has 0 radical (unpaired) electrons. The van der Waals surface area contributed by atoms with Gasteiger partial charge in [0.15, 0.2) is 11.5 Å². The van der Waals surface area contributed by atoms with E-state index in [1.54, 1.807) is 30.3 Å². The standard InChI is InChI=1S/C22H25N3O6/c1-28-20-13-17(5-8-19(20)31-22(27)29-2)14-23-24-21(26)18-6-3-16(4-7-18)15-25-9-11-30-12-10-25/h3-8,13-14H,9-12,15H2,1-2H3,(H,24,26)/b23-14-. The van der Waals surface area contributed by atoms with Crippen molar-refractivity contribution in [3.63, 3.8) is 0 Å². The minimum Gasteiger partial charge on any atom is -0.493 e. The van der Waals surface area contributed by atoms with Gasteiger partial charge < -0.3 is 18.9 Å². The summed E-state index contributed by atoms with van der Waals surface area (Å²) < 4.78 is 20.0. The zero-order valence-corrected chi connectivity index (χ0v) is 17.5. The largest absolute Gasteiger partial charge is 0.513 e. The van der Waals surface area contributed by atoms with Crippen LogP contribution in [0.3, 0.4) is 0 Å². The molecule has 1 fully saturated rings. The minimum absolute atomic E-state index is 0.215. The Kier molecular flexibility index (Phi) is 7.97. The quantitative estimate of drug-likeness (QED) is 0.314. The van der Waals surface area contributed by atoms with Crippen LogP contribution in [0.1, 0.15) is 21.5 Å². The van der Waals surface area contributed by atoms with E-state index in [0.717, 1.165) is 38.4 Å². The molecule has 1 N–H and O–H groups in total. The van der Waals surface area contributed by atoms with E-state index in [1.807, 2.05) is 12.1 Å². The van der Waals surface area contributed by atoms with Crippen molar-refractivity contribution in [2.24, 2.45) is 5.10 Å². The van der Waals surface area contributed by atoms with Gasteiger partial charge in [0.05, 0.1) is 33.6 Å². The van der Waals surface area contributed by atoms with Gasteiger partial charge in [0, 0.05) is 25.2 Å². The molecule has 1 saturated heterocycles. The number of ether oxygens (including phenoxy) is 4. The van der Waals surface area contributed by atoms with Crippen molar-refractivity contribution in [3.05, 3.63) is 59.2 Å². The molecule has 0 bridgehead atoms. The van der Waals surface area contributed by atoms with Gasteiger partial charge in [-0.25, -0.2) is 10.2 Å². The highest BCUT2D eigenvalue weighted by atomic mass is 16.7. The number of benzene rings is 2. The summed E-state index contributed by atoms with van der Waals surface area (Å²) in [5.41, 5.74) is 4.81. The van der Waals surface area contributed by atoms with Crippen LogP contribution in [0.2, 0.25) is 0 Å². The topological polar surface area (TPSA) is 98.7 Å². The number of hydrazone groups is 1. The van der Waals surface area contributed by atoms with E-state index in [0.29, 0.717) is 16.9 Å². The third-order valence-electron chi connectivity index (χ3n) is 4.65. The maximum atomic E-state index is 12.3. The van der Waals surface area contributed by atoms with Gasteiger partial charge in [0.1, 0.15) is 0 Å². The maximum Gasteiger partial charge on any atom is 0.513 e.